The molecule has 0 aliphatic carbocycles. The predicted octanol–water partition coefficient (Wildman–Crippen LogP) is 5.61. The third kappa shape index (κ3) is 3.85. The van der Waals surface area contributed by atoms with Crippen molar-refractivity contribution in [2.24, 2.45) is 0 Å². The average molecular weight is 446 g/mol. The molecule has 6 heteroatoms. The molecule has 0 radical (unpaired) electrons. The number of rotatable bonds is 5. The maximum atomic E-state index is 13.1. The van der Waals surface area contributed by atoms with Gasteiger partial charge in [0.25, 0.3) is 5.56 Å². The lowest BCUT2D eigenvalue weighted by Crippen LogP contribution is -2.25. The van der Waals surface area contributed by atoms with Gasteiger partial charge in [0.05, 0.1) is 19.0 Å². The van der Waals surface area contributed by atoms with Crippen molar-refractivity contribution < 1.29 is 4.74 Å². The lowest BCUT2D eigenvalue weighted by atomic mass is 10.0. The summed E-state index contributed by atoms with van der Waals surface area (Å²) in [5.74, 6) is 1.60. The zero-order valence-electron chi connectivity index (χ0n) is 18.6. The van der Waals surface area contributed by atoms with Crippen LogP contribution in [0.15, 0.2) is 53.3 Å². The Hall–Kier alpha value is -2.96. The van der Waals surface area contributed by atoms with Crippen molar-refractivity contribution in [3.8, 4) is 16.9 Å². The zero-order valence-corrected chi connectivity index (χ0v) is 19.5. The number of hydrogen-bond donors (Lipinski definition) is 1. The SMILES string of the molecule is COc1ccc(C2CCCN2Cc2nc3sc(C)c(-c4ccc(C)cc4)c3c(=O)[nH]2)cc1. The highest BCUT2D eigenvalue weighted by Crippen LogP contribution is 2.37. The van der Waals surface area contributed by atoms with E-state index in [1.54, 1.807) is 18.4 Å². The molecule has 2 aromatic carbocycles. The first-order chi connectivity index (χ1) is 15.5. The second-order valence-electron chi connectivity index (χ2n) is 8.49. The number of hydrogen-bond acceptors (Lipinski definition) is 5. The van der Waals surface area contributed by atoms with Gasteiger partial charge in [-0.15, -0.1) is 11.3 Å². The van der Waals surface area contributed by atoms with Crippen molar-refractivity contribution >= 4 is 21.6 Å². The number of methoxy groups -OCH3 is 1. The third-order valence-electron chi connectivity index (χ3n) is 6.34. The Balaban J connectivity index is 1.46. The molecule has 2 aromatic heterocycles. The van der Waals surface area contributed by atoms with Crippen LogP contribution in [0.5, 0.6) is 5.75 Å². The van der Waals surface area contributed by atoms with Crippen LogP contribution in [0.4, 0.5) is 0 Å². The number of nitrogens with one attached hydrogen (secondary N) is 1. The minimum Gasteiger partial charge on any atom is -0.497 e. The van der Waals surface area contributed by atoms with E-state index < -0.39 is 0 Å². The van der Waals surface area contributed by atoms with E-state index in [2.05, 4.69) is 60.1 Å². The van der Waals surface area contributed by atoms with Crippen LogP contribution in [0.2, 0.25) is 0 Å². The van der Waals surface area contributed by atoms with Gasteiger partial charge in [0.1, 0.15) is 16.4 Å². The first kappa shape index (κ1) is 20.9. The van der Waals surface area contributed by atoms with E-state index >= 15 is 0 Å². The van der Waals surface area contributed by atoms with Crippen molar-refractivity contribution in [3.05, 3.63) is 80.7 Å². The van der Waals surface area contributed by atoms with E-state index in [1.807, 2.05) is 12.1 Å². The summed E-state index contributed by atoms with van der Waals surface area (Å²) < 4.78 is 5.30. The molecule has 1 N–H and O–H groups in total. The maximum Gasteiger partial charge on any atom is 0.260 e. The number of benzene rings is 2. The fraction of sp³-hybridized carbons (Fsp3) is 0.308. The van der Waals surface area contributed by atoms with Crippen molar-refractivity contribution in [1.29, 1.82) is 0 Å². The summed E-state index contributed by atoms with van der Waals surface area (Å²) in [6, 6.07) is 17.0. The number of likely N-dealkylation sites (tertiary alicyclic amines) is 1. The molecule has 5 rings (SSSR count). The molecule has 1 atom stereocenters. The lowest BCUT2D eigenvalue weighted by Gasteiger charge is -2.24. The molecule has 0 amide bonds. The fourth-order valence-corrected chi connectivity index (χ4v) is 5.78. The average Bonchev–Trinajstić information content (AvgIpc) is 3.38. The van der Waals surface area contributed by atoms with Gasteiger partial charge in [0, 0.05) is 16.5 Å². The smallest absolute Gasteiger partial charge is 0.260 e. The summed E-state index contributed by atoms with van der Waals surface area (Å²) >= 11 is 1.60. The molecule has 4 aromatic rings. The summed E-state index contributed by atoms with van der Waals surface area (Å²) in [6.07, 6.45) is 2.24. The minimum absolute atomic E-state index is 0.0508. The molecule has 0 spiro atoms. The van der Waals surface area contributed by atoms with Gasteiger partial charge in [-0.3, -0.25) is 9.69 Å². The number of nitrogens with zero attached hydrogens (tertiary/aromatic N) is 2. The molecule has 0 bridgehead atoms. The van der Waals surface area contributed by atoms with Crippen LogP contribution in [0, 0.1) is 13.8 Å². The fourth-order valence-electron chi connectivity index (χ4n) is 4.72. The van der Waals surface area contributed by atoms with E-state index in [0.717, 1.165) is 51.8 Å². The molecule has 3 heterocycles. The lowest BCUT2D eigenvalue weighted by molar-refractivity contribution is 0.242. The minimum atomic E-state index is -0.0508. The van der Waals surface area contributed by atoms with Crippen LogP contribution < -0.4 is 10.3 Å². The Labute approximate surface area is 191 Å². The van der Waals surface area contributed by atoms with E-state index in [-0.39, 0.29) is 5.56 Å². The first-order valence-electron chi connectivity index (χ1n) is 11.0. The Morgan fingerprint density at radius 1 is 1.12 bits per heavy atom. The van der Waals surface area contributed by atoms with Crippen LogP contribution >= 0.6 is 11.3 Å². The van der Waals surface area contributed by atoms with Gasteiger partial charge in [-0.05, 0) is 56.5 Å². The topological polar surface area (TPSA) is 58.2 Å². The van der Waals surface area contributed by atoms with Gasteiger partial charge in [0.2, 0.25) is 0 Å². The van der Waals surface area contributed by atoms with Crippen molar-refractivity contribution in [2.45, 2.75) is 39.3 Å². The number of fused-ring (bicyclic) bond motifs is 1. The van der Waals surface area contributed by atoms with Crippen molar-refractivity contribution in [1.82, 2.24) is 14.9 Å². The summed E-state index contributed by atoms with van der Waals surface area (Å²) in [4.78, 5) is 25.5. The second-order valence-corrected chi connectivity index (χ2v) is 9.70. The van der Waals surface area contributed by atoms with E-state index in [0.29, 0.717) is 18.0 Å². The predicted molar refractivity (Wildman–Crippen MR) is 131 cm³/mol. The number of thiophene rings is 1. The van der Waals surface area contributed by atoms with Crippen LogP contribution in [0.25, 0.3) is 21.3 Å². The highest BCUT2D eigenvalue weighted by atomic mass is 32.1. The molecular formula is C26H27N3O2S. The zero-order chi connectivity index (χ0) is 22.2. The summed E-state index contributed by atoms with van der Waals surface area (Å²) in [6.45, 7) is 5.77. The Morgan fingerprint density at radius 3 is 2.59 bits per heavy atom. The monoisotopic (exact) mass is 445 g/mol. The normalized spacial score (nSPS) is 16.7. The molecule has 164 valence electrons. The first-order valence-corrected chi connectivity index (χ1v) is 11.8. The van der Waals surface area contributed by atoms with E-state index in [1.165, 1.54) is 11.1 Å². The Bertz CT molecular complexity index is 1310. The number of ether oxygens (including phenoxy) is 1. The van der Waals surface area contributed by atoms with Crippen LogP contribution in [0.1, 0.15) is 40.7 Å². The largest absolute Gasteiger partial charge is 0.497 e. The van der Waals surface area contributed by atoms with Crippen molar-refractivity contribution in [3.63, 3.8) is 0 Å². The van der Waals surface area contributed by atoms with Crippen LogP contribution in [-0.4, -0.2) is 28.5 Å². The highest BCUT2D eigenvalue weighted by molar-refractivity contribution is 7.19. The maximum absolute atomic E-state index is 13.1. The number of aromatic amines is 1. The Morgan fingerprint density at radius 2 is 1.88 bits per heavy atom. The molecule has 1 aliphatic rings. The molecule has 1 fully saturated rings. The van der Waals surface area contributed by atoms with Gasteiger partial charge in [-0.25, -0.2) is 4.98 Å². The molecule has 32 heavy (non-hydrogen) atoms. The summed E-state index contributed by atoms with van der Waals surface area (Å²) in [5.41, 5.74) is 4.50. The molecule has 0 saturated carbocycles. The van der Waals surface area contributed by atoms with Crippen LogP contribution in [-0.2, 0) is 6.54 Å². The van der Waals surface area contributed by atoms with E-state index in [4.69, 9.17) is 9.72 Å². The van der Waals surface area contributed by atoms with Gasteiger partial charge < -0.3 is 9.72 Å². The number of aryl methyl sites for hydroxylation is 2. The van der Waals surface area contributed by atoms with Gasteiger partial charge in [-0.1, -0.05) is 42.0 Å². The molecule has 1 aliphatic heterocycles. The molecule has 1 unspecified atom stereocenters. The quantitative estimate of drug-likeness (QED) is 0.434. The van der Waals surface area contributed by atoms with Gasteiger partial charge >= 0.3 is 0 Å². The standard InChI is InChI=1S/C26H27N3O2S/c1-16-6-8-19(9-7-16)23-17(2)32-26-24(23)25(30)27-22(28-26)15-29-14-4-5-21(29)18-10-12-20(31-3)13-11-18/h6-13,21H,4-5,14-15H2,1-3H3,(H,27,28,30). The number of H-pyrrole nitrogens is 1. The second kappa shape index (κ2) is 8.52. The van der Waals surface area contributed by atoms with Crippen molar-refractivity contribution in [2.75, 3.05) is 13.7 Å². The number of aromatic nitrogens is 2. The van der Waals surface area contributed by atoms with E-state index in [9.17, 15) is 4.79 Å². The highest BCUT2D eigenvalue weighted by Gasteiger charge is 2.27. The summed E-state index contributed by atoms with van der Waals surface area (Å²) in [5, 5.41) is 0.702. The molecule has 1 saturated heterocycles. The molecule has 5 nitrogen and oxygen atoms in total. The summed E-state index contributed by atoms with van der Waals surface area (Å²) in [7, 11) is 1.69. The van der Waals surface area contributed by atoms with Crippen LogP contribution in [0.3, 0.4) is 0 Å². The van der Waals surface area contributed by atoms with Gasteiger partial charge in [0.15, 0.2) is 0 Å². The third-order valence-corrected chi connectivity index (χ3v) is 7.34. The molecular weight excluding hydrogens is 418 g/mol. The van der Waals surface area contributed by atoms with Gasteiger partial charge in [-0.2, -0.15) is 0 Å². The Kier molecular flexibility index (Phi) is 5.57.